The predicted octanol–water partition coefficient (Wildman–Crippen LogP) is 6.28. The normalized spacial score (nSPS) is 11.3. The molecule has 0 radical (unpaired) electrons. The van der Waals surface area contributed by atoms with Crippen molar-refractivity contribution >= 4 is 39.4 Å². The lowest BCUT2D eigenvalue weighted by Gasteiger charge is -2.25. The third kappa shape index (κ3) is 7.90. The zero-order valence-electron chi connectivity index (χ0n) is 23.6. The second-order valence-electron chi connectivity index (χ2n) is 9.46. The third-order valence-corrected chi connectivity index (χ3v) is 8.24. The largest absolute Gasteiger partial charge is 0.490 e. The Bertz CT molecular complexity index is 1660. The number of halogens is 1. The summed E-state index contributed by atoms with van der Waals surface area (Å²) in [5, 5.41) is 4.71. The Morgan fingerprint density at radius 2 is 1.67 bits per heavy atom. The van der Waals surface area contributed by atoms with E-state index in [1.807, 2.05) is 45.0 Å². The van der Waals surface area contributed by atoms with Crippen LogP contribution < -0.4 is 19.2 Å². The second kappa shape index (κ2) is 14.0. The van der Waals surface area contributed by atoms with Crippen LogP contribution >= 0.6 is 11.6 Å². The average Bonchev–Trinajstić information content (AvgIpc) is 2.97. The van der Waals surface area contributed by atoms with Gasteiger partial charge in [0.05, 0.1) is 23.4 Å². The van der Waals surface area contributed by atoms with Gasteiger partial charge in [-0.2, -0.15) is 5.10 Å². The summed E-state index contributed by atoms with van der Waals surface area (Å²) in [6, 6.07) is 26.1. The summed E-state index contributed by atoms with van der Waals surface area (Å²) >= 11 is 5.95. The maximum absolute atomic E-state index is 13.6. The lowest BCUT2D eigenvalue weighted by Crippen LogP contribution is -2.40. The lowest BCUT2D eigenvalue weighted by atomic mass is 10.1. The molecule has 10 heteroatoms. The Balaban J connectivity index is 1.48. The fourth-order valence-electron chi connectivity index (χ4n) is 4.18. The van der Waals surface area contributed by atoms with E-state index in [1.165, 1.54) is 18.3 Å². The van der Waals surface area contributed by atoms with Crippen molar-refractivity contribution in [1.82, 2.24) is 5.43 Å². The van der Waals surface area contributed by atoms with E-state index in [2.05, 4.69) is 10.5 Å². The topological polar surface area (TPSA) is 97.3 Å². The zero-order chi connectivity index (χ0) is 30.1. The van der Waals surface area contributed by atoms with Gasteiger partial charge in [-0.25, -0.2) is 13.8 Å². The molecule has 0 heterocycles. The number of benzene rings is 4. The Morgan fingerprint density at radius 1 is 0.929 bits per heavy atom. The summed E-state index contributed by atoms with van der Waals surface area (Å²) in [7, 11) is -4.02. The average molecular weight is 606 g/mol. The Labute approximate surface area is 251 Å². The maximum atomic E-state index is 13.6. The molecule has 0 unspecified atom stereocenters. The number of hydrogen-bond donors (Lipinski definition) is 1. The summed E-state index contributed by atoms with van der Waals surface area (Å²) in [6.45, 7) is 5.91. The third-order valence-electron chi connectivity index (χ3n) is 6.22. The number of hydrazone groups is 1. The van der Waals surface area contributed by atoms with E-state index in [9.17, 15) is 13.2 Å². The summed E-state index contributed by atoms with van der Waals surface area (Å²) < 4.78 is 39.9. The monoisotopic (exact) mass is 605 g/mol. The minimum atomic E-state index is -4.02. The van der Waals surface area contributed by atoms with Crippen molar-refractivity contribution in [3.63, 3.8) is 0 Å². The van der Waals surface area contributed by atoms with Gasteiger partial charge in [0.1, 0.15) is 13.2 Å². The molecule has 0 aliphatic heterocycles. The molecule has 218 valence electrons. The van der Waals surface area contributed by atoms with Gasteiger partial charge < -0.3 is 9.47 Å². The number of rotatable bonds is 12. The fraction of sp³-hybridized carbons (Fsp3) is 0.188. The molecular weight excluding hydrogens is 574 g/mol. The van der Waals surface area contributed by atoms with E-state index in [1.54, 1.807) is 54.6 Å². The molecule has 42 heavy (non-hydrogen) atoms. The van der Waals surface area contributed by atoms with Crippen LogP contribution in [0.4, 0.5) is 5.69 Å². The van der Waals surface area contributed by atoms with Crippen molar-refractivity contribution in [2.24, 2.45) is 5.10 Å². The van der Waals surface area contributed by atoms with Crippen molar-refractivity contribution in [2.75, 3.05) is 17.5 Å². The van der Waals surface area contributed by atoms with Crippen LogP contribution in [0.2, 0.25) is 5.02 Å². The van der Waals surface area contributed by atoms with Crippen molar-refractivity contribution in [3.8, 4) is 11.5 Å². The molecule has 0 aromatic heterocycles. The molecule has 8 nitrogen and oxygen atoms in total. The van der Waals surface area contributed by atoms with E-state index >= 15 is 0 Å². The Hall–Kier alpha value is -4.34. The summed E-state index contributed by atoms with van der Waals surface area (Å²) in [5.41, 5.74) is 6.18. The highest BCUT2D eigenvalue weighted by molar-refractivity contribution is 7.92. The number of hydrogen-bond acceptors (Lipinski definition) is 6. The highest BCUT2D eigenvalue weighted by Crippen LogP contribution is 2.30. The molecule has 0 saturated heterocycles. The molecule has 0 atom stereocenters. The molecule has 0 saturated carbocycles. The van der Waals surface area contributed by atoms with Crippen LogP contribution in [0.5, 0.6) is 11.5 Å². The molecule has 0 fully saturated rings. The molecular formula is C32H32ClN3O5S. The first-order valence-corrected chi connectivity index (χ1v) is 15.1. The van der Waals surface area contributed by atoms with E-state index in [-0.39, 0.29) is 4.90 Å². The number of carbonyl (C=O) groups excluding carboxylic acids is 1. The van der Waals surface area contributed by atoms with Crippen LogP contribution in [-0.2, 0) is 21.4 Å². The zero-order valence-corrected chi connectivity index (χ0v) is 25.2. The number of amides is 1. The number of carbonyl (C=O) groups is 1. The van der Waals surface area contributed by atoms with Crippen LogP contribution in [-0.4, -0.2) is 33.7 Å². The van der Waals surface area contributed by atoms with Gasteiger partial charge in [-0.15, -0.1) is 0 Å². The smallest absolute Gasteiger partial charge is 0.264 e. The fourth-order valence-corrected chi connectivity index (χ4v) is 5.82. The molecule has 1 N–H and O–H groups in total. The van der Waals surface area contributed by atoms with Gasteiger partial charge in [-0.3, -0.25) is 9.10 Å². The highest BCUT2D eigenvalue weighted by atomic mass is 35.5. The Kier molecular flexibility index (Phi) is 10.2. The number of nitrogens with zero attached hydrogens (tertiary/aromatic N) is 2. The molecule has 1 amide bonds. The second-order valence-corrected chi connectivity index (χ2v) is 11.8. The van der Waals surface area contributed by atoms with Crippen molar-refractivity contribution in [2.45, 2.75) is 32.3 Å². The van der Waals surface area contributed by atoms with Gasteiger partial charge in [0.2, 0.25) is 0 Å². The first kappa shape index (κ1) is 30.6. The van der Waals surface area contributed by atoms with Gasteiger partial charge in [0.25, 0.3) is 15.9 Å². The SMILES string of the molecule is CCOc1cc(C=NNC(=O)CN(c2ccc(C)cc2C)S(=O)(=O)c2ccccc2)ccc1OCc1ccc(Cl)cc1. The van der Waals surface area contributed by atoms with Crippen molar-refractivity contribution in [3.05, 3.63) is 118 Å². The molecule has 4 aromatic carbocycles. The van der Waals surface area contributed by atoms with Crippen molar-refractivity contribution < 1.29 is 22.7 Å². The number of nitrogens with one attached hydrogen (secondary N) is 1. The standard InChI is InChI=1S/C32H32ClN3O5S/c1-4-40-31-19-26(13-17-30(31)41-22-25-11-14-27(33)15-12-25)20-34-35-32(37)21-36(29-16-10-23(2)18-24(29)3)42(38,39)28-8-6-5-7-9-28/h5-20H,4,21-22H2,1-3H3,(H,35,37). The molecule has 4 rings (SSSR count). The van der Waals surface area contributed by atoms with E-state index < -0.39 is 22.5 Å². The van der Waals surface area contributed by atoms with Crippen LogP contribution in [0.15, 0.2) is 101 Å². The number of anilines is 1. The van der Waals surface area contributed by atoms with Gasteiger partial charge >= 0.3 is 0 Å². The van der Waals surface area contributed by atoms with Gasteiger partial charge in [0.15, 0.2) is 11.5 Å². The number of ether oxygens (including phenoxy) is 2. The molecule has 0 aliphatic carbocycles. The lowest BCUT2D eigenvalue weighted by molar-refractivity contribution is -0.119. The number of sulfonamides is 1. The maximum Gasteiger partial charge on any atom is 0.264 e. The minimum absolute atomic E-state index is 0.0862. The highest BCUT2D eigenvalue weighted by Gasteiger charge is 2.28. The minimum Gasteiger partial charge on any atom is -0.490 e. The summed E-state index contributed by atoms with van der Waals surface area (Å²) in [5.74, 6) is 0.485. The molecule has 0 spiro atoms. The van der Waals surface area contributed by atoms with Crippen LogP contribution in [0.1, 0.15) is 29.2 Å². The first-order valence-electron chi connectivity index (χ1n) is 13.3. The summed E-state index contributed by atoms with van der Waals surface area (Å²) in [6.07, 6.45) is 1.45. The number of aryl methyl sites for hydroxylation is 2. The Morgan fingerprint density at radius 3 is 2.36 bits per heavy atom. The van der Waals surface area contributed by atoms with Gasteiger partial charge in [0, 0.05) is 5.02 Å². The van der Waals surface area contributed by atoms with Gasteiger partial charge in [-0.1, -0.05) is 59.6 Å². The van der Waals surface area contributed by atoms with E-state index in [4.69, 9.17) is 21.1 Å². The van der Waals surface area contributed by atoms with Crippen LogP contribution in [0.3, 0.4) is 0 Å². The first-order chi connectivity index (χ1) is 20.2. The quantitative estimate of drug-likeness (QED) is 0.151. The predicted molar refractivity (Wildman–Crippen MR) is 166 cm³/mol. The van der Waals surface area contributed by atoms with E-state index in [0.29, 0.717) is 41.0 Å². The van der Waals surface area contributed by atoms with Crippen LogP contribution in [0.25, 0.3) is 0 Å². The van der Waals surface area contributed by atoms with Crippen molar-refractivity contribution in [1.29, 1.82) is 0 Å². The summed E-state index contributed by atoms with van der Waals surface area (Å²) in [4.78, 5) is 13.0. The molecule has 0 aliphatic rings. The van der Waals surface area contributed by atoms with Crippen LogP contribution in [0, 0.1) is 13.8 Å². The van der Waals surface area contributed by atoms with Gasteiger partial charge in [-0.05, 0) is 86.0 Å². The molecule has 4 aromatic rings. The van der Waals surface area contributed by atoms with E-state index in [0.717, 1.165) is 21.0 Å². The molecule has 0 bridgehead atoms.